The van der Waals surface area contributed by atoms with Crippen molar-refractivity contribution in [3.05, 3.63) is 53.1 Å². The van der Waals surface area contributed by atoms with Gasteiger partial charge >= 0.3 is 6.18 Å². The Morgan fingerprint density at radius 3 is 2.72 bits per heavy atom. The van der Waals surface area contributed by atoms with Crippen LogP contribution in [0.1, 0.15) is 48.0 Å². The first kappa shape index (κ1) is 19.7. The van der Waals surface area contributed by atoms with Crippen LogP contribution in [0.25, 0.3) is 11.3 Å². The van der Waals surface area contributed by atoms with Gasteiger partial charge in [-0.3, -0.25) is 9.48 Å². The summed E-state index contributed by atoms with van der Waals surface area (Å²) in [7, 11) is 1.49. The molecule has 1 aromatic carbocycles. The normalized spacial score (nSPS) is 19.7. The van der Waals surface area contributed by atoms with Gasteiger partial charge in [0.1, 0.15) is 5.82 Å². The van der Waals surface area contributed by atoms with E-state index in [0.717, 1.165) is 49.9 Å². The molecular formula is C21H21F4N3O. The van der Waals surface area contributed by atoms with E-state index in [0.29, 0.717) is 18.5 Å². The summed E-state index contributed by atoms with van der Waals surface area (Å²) in [6, 6.07) is 2.21. The molecule has 2 aliphatic rings. The van der Waals surface area contributed by atoms with Gasteiger partial charge in [-0.05, 0) is 56.2 Å². The van der Waals surface area contributed by atoms with E-state index in [-0.39, 0.29) is 22.7 Å². The lowest BCUT2D eigenvalue weighted by molar-refractivity contribution is -0.137. The molecule has 0 radical (unpaired) electrons. The zero-order valence-corrected chi connectivity index (χ0v) is 16.0. The van der Waals surface area contributed by atoms with Gasteiger partial charge in [-0.15, -0.1) is 0 Å². The average Bonchev–Trinajstić information content (AvgIpc) is 3.07. The molecule has 0 saturated carbocycles. The number of amides is 1. The highest BCUT2D eigenvalue weighted by molar-refractivity contribution is 6.01. The van der Waals surface area contributed by atoms with E-state index < -0.39 is 17.6 Å². The third-order valence-electron chi connectivity index (χ3n) is 5.74. The van der Waals surface area contributed by atoms with Crippen LogP contribution in [0, 0.1) is 11.7 Å². The SMILES string of the molecule is Cn1ncc(C(=O)N2CCCC3CCCC=C32)c1-c1cc(C(F)(F)F)ccc1F. The first-order valence-corrected chi connectivity index (χ1v) is 9.68. The summed E-state index contributed by atoms with van der Waals surface area (Å²) >= 11 is 0. The topological polar surface area (TPSA) is 38.1 Å². The lowest BCUT2D eigenvalue weighted by Gasteiger charge is -2.38. The Labute approximate surface area is 165 Å². The van der Waals surface area contributed by atoms with Gasteiger partial charge < -0.3 is 4.90 Å². The van der Waals surface area contributed by atoms with E-state index in [1.807, 2.05) is 0 Å². The number of carbonyl (C=O) groups excluding carboxylic acids is 1. The van der Waals surface area contributed by atoms with Gasteiger partial charge in [0.05, 0.1) is 23.0 Å². The summed E-state index contributed by atoms with van der Waals surface area (Å²) < 4.78 is 55.2. The summed E-state index contributed by atoms with van der Waals surface area (Å²) in [6.45, 7) is 0.542. The van der Waals surface area contributed by atoms with Gasteiger partial charge in [0.25, 0.3) is 5.91 Å². The fraction of sp³-hybridized carbons (Fsp3) is 0.429. The third kappa shape index (κ3) is 3.56. The molecule has 0 N–H and O–H groups in total. The highest BCUT2D eigenvalue weighted by atomic mass is 19.4. The van der Waals surface area contributed by atoms with Gasteiger partial charge in [0.15, 0.2) is 0 Å². The number of aromatic nitrogens is 2. The Morgan fingerprint density at radius 1 is 1.21 bits per heavy atom. The van der Waals surface area contributed by atoms with Crippen LogP contribution in [0.2, 0.25) is 0 Å². The summed E-state index contributed by atoms with van der Waals surface area (Å²) in [5.74, 6) is -0.848. The minimum absolute atomic E-state index is 0.0529. The molecule has 1 unspecified atom stereocenters. The maximum atomic E-state index is 14.5. The Bertz CT molecular complexity index is 977. The molecule has 0 spiro atoms. The second-order valence-corrected chi connectivity index (χ2v) is 7.58. The number of alkyl halides is 3. The van der Waals surface area contributed by atoms with Gasteiger partial charge in [-0.1, -0.05) is 6.08 Å². The number of likely N-dealkylation sites (tertiary alicyclic amines) is 1. The number of rotatable bonds is 2. The first-order valence-electron chi connectivity index (χ1n) is 9.68. The van der Waals surface area contributed by atoms with Crippen molar-refractivity contribution in [2.45, 2.75) is 38.3 Å². The number of piperidine rings is 1. The fourth-order valence-corrected chi connectivity index (χ4v) is 4.34. The first-order chi connectivity index (χ1) is 13.8. The maximum Gasteiger partial charge on any atom is 0.416 e. The zero-order chi connectivity index (χ0) is 20.8. The molecule has 0 bridgehead atoms. The number of hydrogen-bond donors (Lipinski definition) is 0. The Morgan fingerprint density at radius 2 is 1.97 bits per heavy atom. The molecule has 1 aliphatic heterocycles. The fourth-order valence-electron chi connectivity index (χ4n) is 4.34. The van der Waals surface area contributed by atoms with Crippen LogP contribution in [-0.4, -0.2) is 27.1 Å². The summed E-state index contributed by atoms with van der Waals surface area (Å²) in [5.41, 5.74) is -0.113. The van der Waals surface area contributed by atoms with E-state index in [4.69, 9.17) is 0 Å². The van der Waals surface area contributed by atoms with Crippen molar-refractivity contribution < 1.29 is 22.4 Å². The maximum absolute atomic E-state index is 14.5. The smallest absolute Gasteiger partial charge is 0.312 e. The van der Waals surface area contributed by atoms with Crippen molar-refractivity contribution in [2.75, 3.05) is 6.54 Å². The van der Waals surface area contributed by atoms with Gasteiger partial charge in [0.2, 0.25) is 0 Å². The zero-order valence-electron chi connectivity index (χ0n) is 16.0. The average molecular weight is 407 g/mol. The second-order valence-electron chi connectivity index (χ2n) is 7.58. The van der Waals surface area contributed by atoms with Gasteiger partial charge in [0, 0.05) is 24.9 Å². The van der Waals surface area contributed by atoms with Crippen LogP contribution in [0.15, 0.2) is 36.2 Å². The quantitative estimate of drug-likeness (QED) is 0.645. The third-order valence-corrected chi connectivity index (χ3v) is 5.74. The minimum atomic E-state index is -4.61. The monoisotopic (exact) mass is 407 g/mol. The summed E-state index contributed by atoms with van der Waals surface area (Å²) in [4.78, 5) is 15.0. The molecule has 1 atom stereocenters. The largest absolute Gasteiger partial charge is 0.416 e. The molecule has 1 aliphatic carbocycles. The standard InChI is InChI=1S/C21H21F4N3O/c1-27-19(15-11-14(21(23,24)25)8-9-17(15)22)16(12-26-27)20(29)28-10-4-6-13-5-2-3-7-18(13)28/h7-9,11-13H,2-6,10H2,1H3. The molecule has 154 valence electrons. The molecule has 1 saturated heterocycles. The molecule has 4 rings (SSSR count). The Hall–Kier alpha value is -2.64. The molecule has 1 amide bonds. The lowest BCUT2D eigenvalue weighted by Crippen LogP contribution is -2.39. The molecule has 4 nitrogen and oxygen atoms in total. The van der Waals surface area contributed by atoms with E-state index in [1.165, 1.54) is 17.9 Å². The van der Waals surface area contributed by atoms with Crippen molar-refractivity contribution in [3.63, 3.8) is 0 Å². The van der Waals surface area contributed by atoms with Gasteiger partial charge in [-0.2, -0.15) is 18.3 Å². The molecule has 2 aromatic rings. The second kappa shape index (κ2) is 7.31. The van der Waals surface area contributed by atoms with Crippen LogP contribution in [0.5, 0.6) is 0 Å². The number of fused-ring (bicyclic) bond motifs is 1. The van der Waals surface area contributed by atoms with Crippen LogP contribution in [-0.2, 0) is 13.2 Å². The van der Waals surface area contributed by atoms with Crippen LogP contribution >= 0.6 is 0 Å². The highest BCUT2D eigenvalue weighted by Gasteiger charge is 2.35. The van der Waals surface area contributed by atoms with Crippen molar-refractivity contribution in [1.29, 1.82) is 0 Å². The number of carbonyl (C=O) groups is 1. The van der Waals surface area contributed by atoms with Crippen molar-refractivity contribution in [2.24, 2.45) is 13.0 Å². The van der Waals surface area contributed by atoms with Gasteiger partial charge in [-0.25, -0.2) is 4.39 Å². The number of halogens is 4. The van der Waals surface area contributed by atoms with Crippen LogP contribution < -0.4 is 0 Å². The lowest BCUT2D eigenvalue weighted by atomic mass is 9.84. The Balaban J connectivity index is 1.77. The number of nitrogens with zero attached hydrogens (tertiary/aromatic N) is 3. The summed E-state index contributed by atoms with van der Waals surface area (Å²) in [5, 5.41) is 4.05. The molecular weight excluding hydrogens is 386 g/mol. The van der Waals surface area contributed by atoms with E-state index in [2.05, 4.69) is 11.2 Å². The van der Waals surface area contributed by atoms with E-state index in [9.17, 15) is 22.4 Å². The van der Waals surface area contributed by atoms with Crippen molar-refractivity contribution in [3.8, 4) is 11.3 Å². The number of benzene rings is 1. The molecule has 29 heavy (non-hydrogen) atoms. The van der Waals surface area contributed by atoms with E-state index >= 15 is 0 Å². The Kier molecular flexibility index (Phi) is 4.96. The predicted molar refractivity (Wildman–Crippen MR) is 99.3 cm³/mol. The van der Waals surface area contributed by atoms with Crippen LogP contribution in [0.4, 0.5) is 17.6 Å². The van der Waals surface area contributed by atoms with Crippen molar-refractivity contribution >= 4 is 5.91 Å². The summed E-state index contributed by atoms with van der Waals surface area (Å²) in [6.07, 6.45) is 3.67. The highest BCUT2D eigenvalue weighted by Crippen LogP contribution is 2.38. The number of aryl methyl sites for hydroxylation is 1. The molecule has 1 aromatic heterocycles. The van der Waals surface area contributed by atoms with Crippen LogP contribution in [0.3, 0.4) is 0 Å². The molecule has 2 heterocycles. The predicted octanol–water partition coefficient (Wildman–Crippen LogP) is 5.17. The minimum Gasteiger partial charge on any atom is -0.312 e. The number of allylic oxidation sites excluding steroid dienone is 2. The number of hydrogen-bond acceptors (Lipinski definition) is 2. The van der Waals surface area contributed by atoms with Crippen molar-refractivity contribution in [1.82, 2.24) is 14.7 Å². The van der Waals surface area contributed by atoms with E-state index in [1.54, 1.807) is 4.90 Å². The molecule has 1 fully saturated rings. The molecule has 8 heteroatoms.